The summed E-state index contributed by atoms with van der Waals surface area (Å²) >= 11 is 6.27. The van der Waals surface area contributed by atoms with E-state index in [1.165, 1.54) is 32.1 Å². The Morgan fingerprint density at radius 1 is 1.19 bits per heavy atom. The summed E-state index contributed by atoms with van der Waals surface area (Å²) in [6, 6.07) is 7.76. The van der Waals surface area contributed by atoms with Crippen LogP contribution in [-0.2, 0) is 16.1 Å². The fourth-order valence-electron chi connectivity index (χ4n) is 4.13. The molecule has 1 N–H and O–H groups in total. The van der Waals surface area contributed by atoms with E-state index in [-0.39, 0.29) is 17.9 Å². The molecular formula is C21H29ClN2O2. The molecular weight excluding hydrogens is 348 g/mol. The van der Waals surface area contributed by atoms with Crippen molar-refractivity contribution in [3.8, 4) is 0 Å². The minimum absolute atomic E-state index is 0.0130. The maximum absolute atomic E-state index is 13.1. The van der Waals surface area contributed by atoms with Crippen LogP contribution in [0.2, 0.25) is 5.02 Å². The molecule has 0 bridgehead atoms. The van der Waals surface area contributed by atoms with Crippen LogP contribution < -0.4 is 5.32 Å². The lowest BCUT2D eigenvalue weighted by molar-refractivity contribution is -0.141. The molecule has 1 aliphatic heterocycles. The van der Waals surface area contributed by atoms with Gasteiger partial charge in [0, 0.05) is 24.0 Å². The summed E-state index contributed by atoms with van der Waals surface area (Å²) < 4.78 is 0. The Morgan fingerprint density at radius 2 is 1.85 bits per heavy atom. The second kappa shape index (κ2) is 8.43. The number of halogens is 1. The normalized spacial score (nSPS) is 25.0. The Hall–Kier alpha value is -1.55. The molecule has 1 aromatic rings. The summed E-state index contributed by atoms with van der Waals surface area (Å²) in [5.41, 5.74) is 0.0907. The number of hydrogen-bond donors (Lipinski definition) is 1. The van der Waals surface area contributed by atoms with Crippen molar-refractivity contribution in [3.05, 3.63) is 34.9 Å². The van der Waals surface area contributed by atoms with Crippen LogP contribution in [0.1, 0.15) is 70.3 Å². The first-order chi connectivity index (χ1) is 12.5. The first kappa shape index (κ1) is 19.2. The first-order valence-corrected chi connectivity index (χ1v) is 10.2. The third-order valence-corrected chi connectivity index (χ3v) is 6.31. The largest absolute Gasteiger partial charge is 0.351 e. The number of amides is 2. The second-order valence-electron chi connectivity index (χ2n) is 7.86. The highest BCUT2D eigenvalue weighted by molar-refractivity contribution is 6.31. The molecule has 1 saturated heterocycles. The topological polar surface area (TPSA) is 49.4 Å². The predicted octanol–water partition coefficient (Wildman–Crippen LogP) is 4.45. The summed E-state index contributed by atoms with van der Waals surface area (Å²) in [4.78, 5) is 27.3. The van der Waals surface area contributed by atoms with Gasteiger partial charge in [-0.15, -0.1) is 0 Å². The van der Waals surface area contributed by atoms with Crippen molar-refractivity contribution in [2.45, 2.75) is 82.8 Å². The number of rotatable bonds is 4. The monoisotopic (exact) mass is 376 g/mol. The molecule has 3 rings (SSSR count). The number of likely N-dealkylation sites (tertiary alicyclic amines) is 1. The van der Waals surface area contributed by atoms with Gasteiger partial charge in [-0.25, -0.2) is 0 Å². The zero-order chi connectivity index (χ0) is 18.6. The van der Waals surface area contributed by atoms with Gasteiger partial charge in [0.15, 0.2) is 0 Å². The van der Waals surface area contributed by atoms with E-state index in [2.05, 4.69) is 5.32 Å². The Balaban J connectivity index is 1.71. The molecule has 5 heteroatoms. The summed E-state index contributed by atoms with van der Waals surface area (Å²) in [5, 5.41) is 3.89. The van der Waals surface area contributed by atoms with E-state index in [9.17, 15) is 9.59 Å². The van der Waals surface area contributed by atoms with Gasteiger partial charge in [0.25, 0.3) is 0 Å². The van der Waals surface area contributed by atoms with E-state index in [0.29, 0.717) is 24.4 Å². The average molecular weight is 377 g/mol. The fourth-order valence-corrected chi connectivity index (χ4v) is 4.33. The van der Waals surface area contributed by atoms with E-state index in [0.717, 1.165) is 18.4 Å². The van der Waals surface area contributed by atoms with Gasteiger partial charge in [-0.2, -0.15) is 0 Å². The molecule has 0 spiro atoms. The Labute approximate surface area is 161 Å². The standard InChI is InChI=1S/C21H29ClN2O2/c1-21(20(26)23-17-10-5-3-2-4-6-11-17)14-13-19(25)24(21)15-16-9-7-8-12-18(16)22/h7-9,12,17H,2-6,10-11,13-15H2,1H3,(H,23,26)/t21-/m1/s1. The van der Waals surface area contributed by atoms with Gasteiger partial charge in [-0.1, -0.05) is 61.9 Å². The molecule has 142 valence electrons. The van der Waals surface area contributed by atoms with Crippen molar-refractivity contribution in [2.75, 3.05) is 0 Å². The predicted molar refractivity (Wildman–Crippen MR) is 104 cm³/mol. The molecule has 0 aromatic heterocycles. The van der Waals surface area contributed by atoms with Crippen LogP contribution in [0.25, 0.3) is 0 Å². The van der Waals surface area contributed by atoms with E-state index < -0.39 is 5.54 Å². The summed E-state index contributed by atoms with van der Waals surface area (Å²) in [5.74, 6) is 0.0150. The van der Waals surface area contributed by atoms with Crippen molar-refractivity contribution in [3.63, 3.8) is 0 Å². The molecule has 2 amide bonds. The molecule has 2 fully saturated rings. The van der Waals surface area contributed by atoms with Gasteiger partial charge >= 0.3 is 0 Å². The molecule has 1 atom stereocenters. The number of hydrogen-bond acceptors (Lipinski definition) is 2. The maximum atomic E-state index is 13.1. The molecule has 0 radical (unpaired) electrons. The highest BCUT2D eigenvalue weighted by atomic mass is 35.5. The molecule has 1 saturated carbocycles. The zero-order valence-corrected chi connectivity index (χ0v) is 16.4. The summed E-state index contributed by atoms with van der Waals surface area (Å²) in [7, 11) is 0. The average Bonchev–Trinajstić information content (AvgIpc) is 2.88. The van der Waals surface area contributed by atoms with E-state index in [4.69, 9.17) is 11.6 Å². The van der Waals surface area contributed by atoms with Crippen LogP contribution in [0.4, 0.5) is 0 Å². The Bertz CT molecular complexity index is 655. The fraction of sp³-hybridized carbons (Fsp3) is 0.619. The van der Waals surface area contributed by atoms with Crippen molar-refractivity contribution in [1.82, 2.24) is 10.2 Å². The van der Waals surface area contributed by atoms with Crippen LogP contribution in [-0.4, -0.2) is 28.3 Å². The van der Waals surface area contributed by atoms with Gasteiger partial charge in [-0.05, 0) is 37.8 Å². The lowest BCUT2D eigenvalue weighted by atomic mass is 9.93. The minimum atomic E-state index is -0.793. The van der Waals surface area contributed by atoms with Crippen molar-refractivity contribution >= 4 is 23.4 Å². The highest BCUT2D eigenvalue weighted by Crippen LogP contribution is 2.33. The molecule has 1 aliphatic carbocycles. The van der Waals surface area contributed by atoms with Gasteiger partial charge < -0.3 is 10.2 Å². The number of nitrogens with zero attached hydrogens (tertiary/aromatic N) is 1. The Kier molecular flexibility index (Phi) is 6.23. The Morgan fingerprint density at radius 3 is 2.54 bits per heavy atom. The SMILES string of the molecule is C[C@]1(C(=O)NC2CCCCCCC2)CCC(=O)N1Cc1ccccc1Cl. The molecule has 0 unspecified atom stereocenters. The van der Waals surface area contributed by atoms with Gasteiger partial charge in [0.1, 0.15) is 5.54 Å². The van der Waals surface area contributed by atoms with Crippen molar-refractivity contribution in [1.29, 1.82) is 0 Å². The van der Waals surface area contributed by atoms with Gasteiger partial charge in [-0.3, -0.25) is 9.59 Å². The maximum Gasteiger partial charge on any atom is 0.245 e. The van der Waals surface area contributed by atoms with E-state index in [1.54, 1.807) is 4.90 Å². The molecule has 1 aromatic carbocycles. The molecule has 2 aliphatic rings. The number of carbonyl (C=O) groups is 2. The third-order valence-electron chi connectivity index (χ3n) is 5.94. The van der Waals surface area contributed by atoms with Gasteiger partial charge in [0.05, 0.1) is 0 Å². The third kappa shape index (κ3) is 4.22. The van der Waals surface area contributed by atoms with Crippen LogP contribution in [0.3, 0.4) is 0 Å². The van der Waals surface area contributed by atoms with Crippen molar-refractivity contribution < 1.29 is 9.59 Å². The second-order valence-corrected chi connectivity index (χ2v) is 8.27. The minimum Gasteiger partial charge on any atom is -0.351 e. The first-order valence-electron chi connectivity index (χ1n) is 9.85. The number of benzene rings is 1. The van der Waals surface area contributed by atoms with Crippen molar-refractivity contribution in [2.24, 2.45) is 0 Å². The lowest BCUT2D eigenvalue weighted by Gasteiger charge is -2.36. The quantitative estimate of drug-likeness (QED) is 0.843. The highest BCUT2D eigenvalue weighted by Gasteiger charge is 2.47. The smallest absolute Gasteiger partial charge is 0.245 e. The summed E-state index contributed by atoms with van der Waals surface area (Å²) in [6.45, 7) is 2.28. The zero-order valence-electron chi connectivity index (χ0n) is 15.6. The molecule has 1 heterocycles. The molecule has 26 heavy (non-hydrogen) atoms. The van der Waals surface area contributed by atoms with Crippen LogP contribution in [0.5, 0.6) is 0 Å². The van der Waals surface area contributed by atoms with E-state index >= 15 is 0 Å². The summed E-state index contributed by atoms with van der Waals surface area (Å²) in [6.07, 6.45) is 9.21. The lowest BCUT2D eigenvalue weighted by Crippen LogP contribution is -2.56. The van der Waals surface area contributed by atoms with Gasteiger partial charge in [0.2, 0.25) is 11.8 Å². The van der Waals surface area contributed by atoms with E-state index in [1.807, 2.05) is 31.2 Å². The van der Waals surface area contributed by atoms with Crippen LogP contribution >= 0.6 is 11.6 Å². The van der Waals surface area contributed by atoms with Crippen LogP contribution in [0.15, 0.2) is 24.3 Å². The number of carbonyl (C=O) groups excluding carboxylic acids is 2. The van der Waals surface area contributed by atoms with Crippen LogP contribution in [0, 0.1) is 0 Å². The molecule has 4 nitrogen and oxygen atoms in total. The number of nitrogens with one attached hydrogen (secondary N) is 1.